The van der Waals surface area contributed by atoms with Crippen molar-refractivity contribution in [2.24, 2.45) is 5.16 Å². The van der Waals surface area contributed by atoms with Crippen molar-refractivity contribution < 1.29 is 4.84 Å². The number of benzene rings is 2. The Bertz CT molecular complexity index is 617. The maximum absolute atomic E-state index is 5.47. The minimum atomic E-state index is 0.0796. The van der Waals surface area contributed by atoms with Crippen molar-refractivity contribution >= 4 is 5.71 Å². The predicted octanol–water partition coefficient (Wildman–Crippen LogP) is 4.37. The Balaban J connectivity index is 1.47. The summed E-state index contributed by atoms with van der Waals surface area (Å²) < 4.78 is 0. The zero-order valence-electron chi connectivity index (χ0n) is 12.0. The average Bonchev–Trinajstić information content (AvgIpc) is 3.02. The third-order valence-electron chi connectivity index (χ3n) is 3.59. The van der Waals surface area contributed by atoms with Crippen molar-refractivity contribution in [3.8, 4) is 0 Å². The van der Waals surface area contributed by atoms with E-state index in [1.807, 2.05) is 24.3 Å². The first-order chi connectivity index (χ1) is 10.4. The summed E-state index contributed by atoms with van der Waals surface area (Å²) in [6.45, 7) is 0. The standard InChI is InChI=1S/C19H19NO/c1-3-9-16(10-4-1)11-7-8-14-18-15-19(20-21-18)17-12-5-2-6-13-17/h1-6,8-10,12-14,18H,7,11,15H2/b14-8-/t18-/m1/s1. The maximum Gasteiger partial charge on any atom is 0.151 e. The van der Waals surface area contributed by atoms with Crippen molar-refractivity contribution in [1.29, 1.82) is 0 Å². The molecule has 21 heavy (non-hydrogen) atoms. The van der Waals surface area contributed by atoms with Crippen molar-refractivity contribution in [3.05, 3.63) is 83.9 Å². The van der Waals surface area contributed by atoms with Crippen LogP contribution in [0.3, 0.4) is 0 Å². The Morgan fingerprint density at radius 2 is 1.71 bits per heavy atom. The molecule has 2 nitrogen and oxygen atoms in total. The molecule has 1 aliphatic rings. The number of aryl methyl sites for hydroxylation is 1. The highest BCUT2D eigenvalue weighted by atomic mass is 16.6. The molecule has 0 spiro atoms. The number of nitrogens with zero attached hydrogens (tertiary/aromatic N) is 1. The van der Waals surface area contributed by atoms with E-state index in [-0.39, 0.29) is 6.10 Å². The topological polar surface area (TPSA) is 21.6 Å². The van der Waals surface area contributed by atoms with Gasteiger partial charge in [-0.3, -0.25) is 0 Å². The van der Waals surface area contributed by atoms with E-state index in [1.54, 1.807) is 0 Å². The first-order valence-corrected chi connectivity index (χ1v) is 7.40. The molecule has 0 fully saturated rings. The van der Waals surface area contributed by atoms with Gasteiger partial charge in [0.15, 0.2) is 6.10 Å². The van der Waals surface area contributed by atoms with Crippen molar-refractivity contribution in [3.63, 3.8) is 0 Å². The summed E-state index contributed by atoms with van der Waals surface area (Å²) in [5.74, 6) is 0. The molecule has 1 heterocycles. The highest BCUT2D eigenvalue weighted by molar-refractivity contribution is 6.01. The third kappa shape index (κ3) is 3.82. The predicted molar refractivity (Wildman–Crippen MR) is 86.4 cm³/mol. The van der Waals surface area contributed by atoms with Crippen LogP contribution in [0.2, 0.25) is 0 Å². The summed E-state index contributed by atoms with van der Waals surface area (Å²) in [5, 5.41) is 4.19. The number of oxime groups is 1. The van der Waals surface area contributed by atoms with E-state index in [1.165, 1.54) is 5.56 Å². The fraction of sp³-hybridized carbons (Fsp3) is 0.211. The zero-order chi connectivity index (χ0) is 14.3. The Labute approximate surface area is 125 Å². The fourth-order valence-electron chi connectivity index (χ4n) is 2.44. The molecule has 1 aliphatic heterocycles. The van der Waals surface area contributed by atoms with Crippen LogP contribution in [0, 0.1) is 0 Å². The maximum atomic E-state index is 5.47. The summed E-state index contributed by atoms with van der Waals surface area (Å²) in [4.78, 5) is 5.47. The molecule has 1 atom stereocenters. The Hall–Kier alpha value is -2.35. The van der Waals surface area contributed by atoms with E-state index < -0.39 is 0 Å². The van der Waals surface area contributed by atoms with E-state index >= 15 is 0 Å². The smallest absolute Gasteiger partial charge is 0.151 e. The molecule has 2 aromatic carbocycles. The van der Waals surface area contributed by atoms with Gasteiger partial charge in [-0.05, 0) is 30.0 Å². The van der Waals surface area contributed by atoms with Gasteiger partial charge in [-0.25, -0.2) is 0 Å². The van der Waals surface area contributed by atoms with Gasteiger partial charge in [0.05, 0.1) is 5.71 Å². The molecule has 2 heteroatoms. The lowest BCUT2D eigenvalue weighted by Crippen LogP contribution is -2.04. The monoisotopic (exact) mass is 277 g/mol. The Morgan fingerprint density at radius 3 is 2.48 bits per heavy atom. The molecule has 0 aromatic heterocycles. The SMILES string of the molecule is C(=C/[C@@H]1CC(c2ccccc2)=NO1)/CCc1ccccc1. The van der Waals surface area contributed by atoms with E-state index in [0.717, 1.165) is 30.5 Å². The van der Waals surface area contributed by atoms with Crippen LogP contribution in [-0.2, 0) is 11.3 Å². The summed E-state index contributed by atoms with van der Waals surface area (Å²) in [5.41, 5.74) is 3.56. The number of allylic oxidation sites excluding steroid dienone is 1. The van der Waals surface area contributed by atoms with Crippen molar-refractivity contribution in [2.45, 2.75) is 25.4 Å². The van der Waals surface area contributed by atoms with Crippen LogP contribution in [-0.4, -0.2) is 11.8 Å². The molecule has 0 saturated heterocycles. The fourth-order valence-corrected chi connectivity index (χ4v) is 2.44. The van der Waals surface area contributed by atoms with Crippen LogP contribution in [0.5, 0.6) is 0 Å². The summed E-state index contributed by atoms with van der Waals surface area (Å²) >= 11 is 0. The van der Waals surface area contributed by atoms with Gasteiger partial charge in [-0.2, -0.15) is 0 Å². The molecular weight excluding hydrogens is 258 g/mol. The molecule has 0 saturated carbocycles. The van der Waals surface area contributed by atoms with Crippen LogP contribution in [0.25, 0.3) is 0 Å². The first kappa shape index (κ1) is 13.6. The van der Waals surface area contributed by atoms with Crippen LogP contribution in [0.15, 0.2) is 78.0 Å². The molecule has 0 amide bonds. The summed E-state index contributed by atoms with van der Waals surface area (Å²) in [7, 11) is 0. The largest absolute Gasteiger partial charge is 0.388 e. The quantitative estimate of drug-likeness (QED) is 0.744. The number of hydrogen-bond donors (Lipinski definition) is 0. The molecular formula is C19H19NO. The van der Waals surface area contributed by atoms with Gasteiger partial charge >= 0.3 is 0 Å². The minimum Gasteiger partial charge on any atom is -0.388 e. The lowest BCUT2D eigenvalue weighted by Gasteiger charge is -2.01. The van der Waals surface area contributed by atoms with Crippen molar-refractivity contribution in [1.82, 2.24) is 0 Å². The van der Waals surface area contributed by atoms with Crippen LogP contribution in [0.1, 0.15) is 24.0 Å². The summed E-state index contributed by atoms with van der Waals surface area (Å²) in [6.07, 6.45) is 7.35. The molecule has 3 rings (SSSR count). The number of rotatable bonds is 5. The van der Waals surface area contributed by atoms with E-state index in [9.17, 15) is 0 Å². The molecule has 0 N–H and O–H groups in total. The Kier molecular flexibility index (Phi) is 4.47. The second-order valence-electron chi connectivity index (χ2n) is 5.20. The second-order valence-corrected chi connectivity index (χ2v) is 5.20. The molecule has 0 unspecified atom stereocenters. The minimum absolute atomic E-state index is 0.0796. The normalized spacial score (nSPS) is 17.7. The molecule has 2 aromatic rings. The van der Waals surface area contributed by atoms with Gasteiger partial charge in [0.1, 0.15) is 0 Å². The van der Waals surface area contributed by atoms with E-state index in [0.29, 0.717) is 0 Å². The highest BCUT2D eigenvalue weighted by Crippen LogP contribution is 2.17. The van der Waals surface area contributed by atoms with Gasteiger partial charge in [-0.15, -0.1) is 0 Å². The lowest BCUT2D eigenvalue weighted by atomic mass is 10.0. The Morgan fingerprint density at radius 1 is 1.00 bits per heavy atom. The van der Waals surface area contributed by atoms with Gasteiger partial charge in [0.25, 0.3) is 0 Å². The van der Waals surface area contributed by atoms with Crippen molar-refractivity contribution in [2.75, 3.05) is 0 Å². The van der Waals surface area contributed by atoms with Crippen LogP contribution >= 0.6 is 0 Å². The van der Waals surface area contributed by atoms with E-state index in [4.69, 9.17) is 4.84 Å². The third-order valence-corrected chi connectivity index (χ3v) is 3.59. The second kappa shape index (κ2) is 6.89. The molecule has 0 aliphatic carbocycles. The van der Waals surface area contributed by atoms with Crippen LogP contribution in [0.4, 0.5) is 0 Å². The van der Waals surface area contributed by atoms with Crippen LogP contribution < -0.4 is 0 Å². The molecule has 0 radical (unpaired) electrons. The lowest BCUT2D eigenvalue weighted by molar-refractivity contribution is 0.119. The zero-order valence-corrected chi connectivity index (χ0v) is 12.0. The average molecular weight is 277 g/mol. The van der Waals surface area contributed by atoms with Gasteiger partial charge in [0.2, 0.25) is 0 Å². The first-order valence-electron chi connectivity index (χ1n) is 7.40. The van der Waals surface area contributed by atoms with E-state index in [2.05, 4.69) is 53.7 Å². The van der Waals surface area contributed by atoms with Gasteiger partial charge < -0.3 is 4.84 Å². The summed E-state index contributed by atoms with van der Waals surface area (Å²) in [6, 6.07) is 20.8. The van der Waals surface area contributed by atoms with Gasteiger partial charge in [-0.1, -0.05) is 71.9 Å². The number of hydrogen-bond acceptors (Lipinski definition) is 2. The molecule has 0 bridgehead atoms. The molecule has 106 valence electrons. The highest BCUT2D eigenvalue weighted by Gasteiger charge is 2.19. The van der Waals surface area contributed by atoms with Gasteiger partial charge in [0, 0.05) is 6.42 Å².